The molecule has 39 heavy (non-hydrogen) atoms. The number of carbonyl (C=O) groups excluding carboxylic acids is 1. The summed E-state index contributed by atoms with van der Waals surface area (Å²) in [5.41, 5.74) is -2.24. The third-order valence-corrected chi connectivity index (χ3v) is 7.47. The van der Waals surface area contributed by atoms with Crippen molar-refractivity contribution in [3.05, 3.63) is 64.6 Å². The first-order valence-corrected chi connectivity index (χ1v) is 12.7. The largest absolute Gasteiger partial charge is 0.493 e. The lowest BCUT2D eigenvalue weighted by Gasteiger charge is -2.24. The average molecular weight is 534 g/mol. The molecule has 0 saturated heterocycles. The van der Waals surface area contributed by atoms with E-state index in [9.17, 15) is 29.4 Å². The number of fused-ring (bicyclic) bond motifs is 2. The van der Waals surface area contributed by atoms with E-state index in [0.717, 1.165) is 17.5 Å². The fourth-order valence-electron chi connectivity index (χ4n) is 5.09. The Morgan fingerprint density at radius 2 is 1.79 bits per heavy atom. The molecule has 4 aromatic rings. The van der Waals surface area contributed by atoms with Crippen molar-refractivity contribution in [2.75, 3.05) is 6.61 Å². The van der Waals surface area contributed by atoms with Crippen LogP contribution in [-0.4, -0.2) is 49.5 Å². The first kappa shape index (κ1) is 26.1. The van der Waals surface area contributed by atoms with Crippen molar-refractivity contribution >= 4 is 39.6 Å². The molecule has 2 N–H and O–H groups in total. The van der Waals surface area contributed by atoms with E-state index < -0.39 is 41.5 Å². The van der Waals surface area contributed by atoms with Crippen LogP contribution in [0.25, 0.3) is 21.9 Å². The molecule has 0 aliphatic heterocycles. The van der Waals surface area contributed by atoms with Crippen molar-refractivity contribution in [1.29, 1.82) is 0 Å². The summed E-state index contributed by atoms with van der Waals surface area (Å²) >= 11 is 0. The zero-order valence-electron chi connectivity index (χ0n) is 21.0. The molecule has 1 fully saturated rings. The van der Waals surface area contributed by atoms with Gasteiger partial charge in [0.25, 0.3) is 5.56 Å². The van der Waals surface area contributed by atoms with Crippen LogP contribution in [0.15, 0.2) is 57.9 Å². The molecule has 0 bridgehead atoms. The highest BCUT2D eigenvalue weighted by Gasteiger charge is 2.48. The van der Waals surface area contributed by atoms with Gasteiger partial charge in [-0.05, 0) is 49.4 Å². The number of ether oxygens (including phenoxy) is 1. The van der Waals surface area contributed by atoms with Gasteiger partial charge in [0, 0.05) is 24.4 Å². The number of rotatable bonds is 11. The lowest BCUT2D eigenvalue weighted by molar-refractivity contribution is -0.165. The van der Waals surface area contributed by atoms with Gasteiger partial charge >= 0.3 is 11.9 Å². The highest BCUT2D eigenvalue weighted by molar-refractivity contribution is 6.11. The van der Waals surface area contributed by atoms with Crippen molar-refractivity contribution in [2.24, 2.45) is 11.3 Å². The van der Waals surface area contributed by atoms with Crippen molar-refractivity contribution in [2.45, 2.75) is 45.1 Å². The monoisotopic (exact) mass is 533 g/mol. The van der Waals surface area contributed by atoms with E-state index in [2.05, 4.69) is 10.3 Å². The molecule has 202 valence electrons. The fraction of sp³-hybridized carbons (Fsp3) is 0.357. The number of hydrogen-bond acceptors (Lipinski definition) is 8. The topological polar surface area (TPSA) is 162 Å². The standard InChI is InChI=1S/C28H27N3O8/c32-23(21-16-39-24-13-18(9-10-19(21)24)38-15-17-5-1-2-6-17)14-28(26(34)35,27(36)37)11-12-31-25(33)20-7-3-4-8-22(20)29-30-31/h3-4,7-10,13,16-17H,1-2,5-6,11-12,14-15H2,(H,34,35)(H,36,37). The average Bonchev–Trinajstić information content (AvgIpc) is 3.60. The predicted molar refractivity (Wildman–Crippen MR) is 139 cm³/mol. The number of aromatic nitrogens is 3. The molecule has 1 saturated carbocycles. The molecule has 1 aliphatic carbocycles. The van der Waals surface area contributed by atoms with Gasteiger partial charge in [-0.3, -0.25) is 19.2 Å². The van der Waals surface area contributed by atoms with E-state index in [1.807, 2.05) is 0 Å². The molecule has 2 heterocycles. The van der Waals surface area contributed by atoms with Crippen LogP contribution in [0.4, 0.5) is 0 Å². The zero-order valence-corrected chi connectivity index (χ0v) is 21.0. The second kappa shape index (κ2) is 10.7. The third kappa shape index (κ3) is 5.12. The maximum absolute atomic E-state index is 13.3. The lowest BCUT2D eigenvalue weighted by Crippen LogP contribution is -2.43. The summed E-state index contributed by atoms with van der Waals surface area (Å²) in [5, 5.41) is 28.4. The second-order valence-electron chi connectivity index (χ2n) is 9.95. The van der Waals surface area contributed by atoms with Gasteiger partial charge in [0.2, 0.25) is 0 Å². The molecule has 1 aliphatic rings. The Kier molecular flexibility index (Phi) is 7.14. The molecule has 2 aromatic heterocycles. The van der Waals surface area contributed by atoms with Crippen LogP contribution in [0.2, 0.25) is 0 Å². The zero-order chi connectivity index (χ0) is 27.6. The van der Waals surface area contributed by atoms with Crippen molar-refractivity contribution in [1.82, 2.24) is 15.0 Å². The summed E-state index contributed by atoms with van der Waals surface area (Å²) < 4.78 is 12.3. The number of carboxylic acids is 2. The highest BCUT2D eigenvalue weighted by atomic mass is 16.5. The quantitative estimate of drug-likeness (QED) is 0.213. The maximum Gasteiger partial charge on any atom is 0.321 e. The third-order valence-electron chi connectivity index (χ3n) is 7.47. The number of ketones is 1. The van der Waals surface area contributed by atoms with Gasteiger partial charge in [-0.25, -0.2) is 4.68 Å². The summed E-state index contributed by atoms with van der Waals surface area (Å²) in [4.78, 5) is 50.6. The summed E-state index contributed by atoms with van der Waals surface area (Å²) in [5.74, 6) is -2.99. The number of Topliss-reactive ketones (excluding diaryl/α,β-unsaturated/α-hetero) is 1. The molecular weight excluding hydrogens is 506 g/mol. The Morgan fingerprint density at radius 3 is 2.54 bits per heavy atom. The van der Waals surface area contributed by atoms with Crippen LogP contribution in [0.5, 0.6) is 5.75 Å². The number of carbonyl (C=O) groups is 3. The SMILES string of the molecule is O=C(CC(CCn1nnc2ccccc2c1=O)(C(=O)O)C(=O)O)c1coc2cc(OCC3CCCC3)ccc12. The van der Waals surface area contributed by atoms with E-state index in [1.54, 1.807) is 42.5 Å². The van der Waals surface area contributed by atoms with Gasteiger partial charge in [0.15, 0.2) is 11.2 Å². The maximum atomic E-state index is 13.3. The van der Waals surface area contributed by atoms with Crippen molar-refractivity contribution in [3.8, 4) is 5.75 Å². The van der Waals surface area contributed by atoms with E-state index >= 15 is 0 Å². The van der Waals surface area contributed by atoms with E-state index in [4.69, 9.17) is 9.15 Å². The molecule has 0 unspecified atom stereocenters. The van der Waals surface area contributed by atoms with Gasteiger partial charge < -0.3 is 19.4 Å². The van der Waals surface area contributed by atoms with Crippen LogP contribution in [0.1, 0.15) is 48.9 Å². The number of hydrogen-bond donors (Lipinski definition) is 2. The first-order chi connectivity index (χ1) is 18.8. The van der Waals surface area contributed by atoms with Crippen LogP contribution in [-0.2, 0) is 16.1 Å². The number of nitrogens with zero attached hydrogens (tertiary/aromatic N) is 3. The number of carboxylic acid groups (broad SMARTS) is 2. The van der Waals surface area contributed by atoms with Gasteiger partial charge in [-0.15, -0.1) is 5.10 Å². The Balaban J connectivity index is 1.36. The van der Waals surface area contributed by atoms with Gasteiger partial charge in [-0.1, -0.05) is 30.2 Å². The normalized spacial score (nSPS) is 14.2. The minimum Gasteiger partial charge on any atom is -0.493 e. The second-order valence-corrected chi connectivity index (χ2v) is 9.95. The van der Waals surface area contributed by atoms with E-state index in [0.29, 0.717) is 34.8 Å². The number of aliphatic carboxylic acids is 2. The van der Waals surface area contributed by atoms with Crippen LogP contribution < -0.4 is 10.3 Å². The highest BCUT2D eigenvalue weighted by Crippen LogP contribution is 2.34. The molecule has 11 nitrogen and oxygen atoms in total. The fourth-order valence-corrected chi connectivity index (χ4v) is 5.09. The van der Waals surface area contributed by atoms with E-state index in [1.165, 1.54) is 19.1 Å². The molecule has 0 atom stereocenters. The molecule has 11 heteroatoms. The Morgan fingerprint density at radius 1 is 1.05 bits per heavy atom. The summed E-state index contributed by atoms with van der Waals surface area (Å²) in [6, 6.07) is 11.5. The lowest BCUT2D eigenvalue weighted by atomic mass is 9.78. The summed E-state index contributed by atoms with van der Waals surface area (Å²) in [7, 11) is 0. The number of benzene rings is 2. The first-order valence-electron chi connectivity index (χ1n) is 12.7. The molecule has 0 amide bonds. The minimum atomic E-state index is -2.50. The Bertz CT molecular complexity index is 1600. The minimum absolute atomic E-state index is 0.0712. The van der Waals surface area contributed by atoms with Crippen LogP contribution in [0.3, 0.4) is 0 Å². The van der Waals surface area contributed by atoms with Crippen LogP contribution >= 0.6 is 0 Å². The molecular formula is C28H27N3O8. The Hall–Kier alpha value is -4.54. The van der Waals surface area contributed by atoms with Gasteiger partial charge in [-0.2, -0.15) is 0 Å². The summed E-state index contributed by atoms with van der Waals surface area (Å²) in [6.07, 6.45) is 4.47. The number of furan rings is 1. The van der Waals surface area contributed by atoms with Crippen LogP contribution in [0, 0.1) is 11.3 Å². The molecule has 0 radical (unpaired) electrons. The molecule has 2 aromatic carbocycles. The van der Waals surface area contributed by atoms with Crippen molar-refractivity contribution < 1.29 is 33.8 Å². The smallest absolute Gasteiger partial charge is 0.321 e. The molecule has 0 spiro atoms. The molecule has 5 rings (SSSR count). The van der Waals surface area contributed by atoms with E-state index in [-0.39, 0.29) is 17.5 Å². The van der Waals surface area contributed by atoms with Gasteiger partial charge in [0.1, 0.15) is 23.1 Å². The van der Waals surface area contributed by atoms with Crippen molar-refractivity contribution in [3.63, 3.8) is 0 Å². The number of aryl methyl sites for hydroxylation is 1. The van der Waals surface area contributed by atoms with Gasteiger partial charge in [0.05, 0.1) is 17.6 Å². The summed E-state index contributed by atoms with van der Waals surface area (Å²) in [6.45, 7) is 0.235. The Labute approximate surface area is 222 Å². The predicted octanol–water partition coefficient (Wildman–Crippen LogP) is 3.93.